The molecule has 0 saturated carbocycles. The van der Waals surface area contributed by atoms with Crippen molar-refractivity contribution in [1.82, 2.24) is 4.98 Å². The Balaban J connectivity index is 2.55. The van der Waals surface area contributed by atoms with Gasteiger partial charge in [-0.15, -0.1) is 0 Å². The highest BCUT2D eigenvalue weighted by Gasteiger charge is 2.20. The standard InChI is InChI=1S/C12H8N2O3/c1-17-12(16)11(15)9-6-14-10-4-7(5-13)2-3-8(9)10/h2-4,6,14H,1H3. The van der Waals surface area contributed by atoms with Gasteiger partial charge in [0.2, 0.25) is 0 Å². The van der Waals surface area contributed by atoms with Crippen LogP contribution in [0.5, 0.6) is 0 Å². The molecular formula is C12H8N2O3. The van der Waals surface area contributed by atoms with Crippen LogP contribution in [0.2, 0.25) is 0 Å². The molecule has 5 heteroatoms. The minimum absolute atomic E-state index is 0.247. The number of Topliss-reactive ketones (excluding diaryl/α,β-unsaturated/α-hetero) is 1. The molecule has 0 bridgehead atoms. The van der Waals surface area contributed by atoms with E-state index in [0.717, 1.165) is 7.11 Å². The van der Waals surface area contributed by atoms with Gasteiger partial charge in [-0.1, -0.05) is 6.07 Å². The van der Waals surface area contributed by atoms with E-state index in [1.807, 2.05) is 6.07 Å². The number of hydrogen-bond acceptors (Lipinski definition) is 4. The van der Waals surface area contributed by atoms with Crippen molar-refractivity contribution in [2.75, 3.05) is 7.11 Å². The summed E-state index contributed by atoms with van der Waals surface area (Å²) >= 11 is 0. The molecule has 0 aliphatic heterocycles. The summed E-state index contributed by atoms with van der Waals surface area (Å²) in [5, 5.41) is 9.33. The highest BCUT2D eigenvalue weighted by atomic mass is 16.5. The first kappa shape index (κ1) is 10.9. The number of aromatic amines is 1. The lowest BCUT2D eigenvalue weighted by atomic mass is 10.1. The molecule has 17 heavy (non-hydrogen) atoms. The molecule has 1 N–H and O–H groups in total. The molecule has 0 amide bonds. The lowest BCUT2D eigenvalue weighted by molar-refractivity contribution is -0.135. The zero-order valence-electron chi connectivity index (χ0n) is 8.98. The molecular weight excluding hydrogens is 220 g/mol. The number of esters is 1. The average Bonchev–Trinajstić information content (AvgIpc) is 2.79. The van der Waals surface area contributed by atoms with E-state index in [0.29, 0.717) is 16.5 Å². The number of aromatic nitrogens is 1. The molecule has 0 atom stereocenters. The Hall–Kier alpha value is -2.61. The zero-order chi connectivity index (χ0) is 12.4. The first-order chi connectivity index (χ1) is 8.17. The molecule has 0 radical (unpaired) electrons. The monoisotopic (exact) mass is 228 g/mol. The van der Waals surface area contributed by atoms with Crippen LogP contribution in [-0.4, -0.2) is 23.8 Å². The van der Waals surface area contributed by atoms with Gasteiger partial charge in [0, 0.05) is 17.1 Å². The average molecular weight is 228 g/mol. The van der Waals surface area contributed by atoms with E-state index >= 15 is 0 Å². The second-order valence-electron chi connectivity index (χ2n) is 3.40. The minimum atomic E-state index is -0.907. The minimum Gasteiger partial charge on any atom is -0.463 e. The Morgan fingerprint density at radius 3 is 2.82 bits per heavy atom. The third kappa shape index (κ3) is 1.76. The van der Waals surface area contributed by atoms with Crippen LogP contribution < -0.4 is 0 Å². The number of carbonyl (C=O) groups excluding carboxylic acids is 2. The Labute approximate surface area is 96.6 Å². The molecule has 1 aromatic carbocycles. The third-order valence-electron chi connectivity index (χ3n) is 2.43. The molecule has 84 valence electrons. The normalized spacial score (nSPS) is 9.88. The number of benzene rings is 1. The van der Waals surface area contributed by atoms with Crippen LogP contribution in [-0.2, 0) is 9.53 Å². The topological polar surface area (TPSA) is 83.0 Å². The van der Waals surface area contributed by atoms with Crippen molar-refractivity contribution in [3.63, 3.8) is 0 Å². The summed E-state index contributed by atoms with van der Waals surface area (Å²) in [5.74, 6) is -1.61. The lowest BCUT2D eigenvalue weighted by Crippen LogP contribution is -2.15. The Morgan fingerprint density at radius 2 is 2.18 bits per heavy atom. The fourth-order valence-corrected chi connectivity index (χ4v) is 1.59. The highest BCUT2D eigenvalue weighted by Crippen LogP contribution is 2.20. The van der Waals surface area contributed by atoms with Gasteiger partial charge < -0.3 is 9.72 Å². The van der Waals surface area contributed by atoms with Gasteiger partial charge in [0.1, 0.15) is 0 Å². The molecule has 0 spiro atoms. The summed E-state index contributed by atoms with van der Waals surface area (Å²) in [7, 11) is 1.16. The molecule has 0 aliphatic carbocycles. The van der Waals surface area contributed by atoms with Crippen molar-refractivity contribution in [3.8, 4) is 6.07 Å². The van der Waals surface area contributed by atoms with Crippen LogP contribution in [0.4, 0.5) is 0 Å². The first-order valence-corrected chi connectivity index (χ1v) is 4.81. The zero-order valence-corrected chi connectivity index (χ0v) is 8.98. The molecule has 1 heterocycles. The maximum atomic E-state index is 11.6. The fourth-order valence-electron chi connectivity index (χ4n) is 1.59. The number of carbonyl (C=O) groups is 2. The predicted octanol–water partition coefficient (Wildman–Crippen LogP) is 1.40. The molecule has 2 aromatic rings. The lowest BCUT2D eigenvalue weighted by Gasteiger charge is -1.97. The van der Waals surface area contributed by atoms with Gasteiger partial charge in [-0.2, -0.15) is 5.26 Å². The maximum Gasteiger partial charge on any atom is 0.379 e. The van der Waals surface area contributed by atoms with E-state index in [1.54, 1.807) is 18.2 Å². The first-order valence-electron chi connectivity index (χ1n) is 4.81. The van der Waals surface area contributed by atoms with Crippen LogP contribution in [0.15, 0.2) is 24.4 Å². The van der Waals surface area contributed by atoms with Crippen molar-refractivity contribution in [2.24, 2.45) is 0 Å². The number of nitrogens with zero attached hydrogens (tertiary/aromatic N) is 1. The van der Waals surface area contributed by atoms with Gasteiger partial charge in [-0.05, 0) is 12.1 Å². The van der Waals surface area contributed by atoms with Crippen LogP contribution >= 0.6 is 0 Å². The quantitative estimate of drug-likeness (QED) is 0.478. The smallest absolute Gasteiger partial charge is 0.379 e. The number of hydrogen-bond donors (Lipinski definition) is 1. The van der Waals surface area contributed by atoms with E-state index < -0.39 is 11.8 Å². The van der Waals surface area contributed by atoms with E-state index in [2.05, 4.69) is 9.72 Å². The summed E-state index contributed by atoms with van der Waals surface area (Å²) in [6.45, 7) is 0. The molecule has 5 nitrogen and oxygen atoms in total. The van der Waals surface area contributed by atoms with E-state index in [-0.39, 0.29) is 5.56 Å². The van der Waals surface area contributed by atoms with Gasteiger partial charge >= 0.3 is 5.97 Å². The molecule has 0 saturated heterocycles. The summed E-state index contributed by atoms with van der Waals surface area (Å²) in [6.07, 6.45) is 1.44. The molecule has 0 fully saturated rings. The van der Waals surface area contributed by atoms with Crippen molar-refractivity contribution < 1.29 is 14.3 Å². The number of ketones is 1. The van der Waals surface area contributed by atoms with Crippen LogP contribution in [0.25, 0.3) is 10.9 Å². The van der Waals surface area contributed by atoms with Crippen molar-refractivity contribution in [2.45, 2.75) is 0 Å². The van der Waals surface area contributed by atoms with Gasteiger partial charge in [0.15, 0.2) is 0 Å². The van der Waals surface area contributed by atoms with Crippen molar-refractivity contribution >= 4 is 22.7 Å². The number of rotatable bonds is 2. The fraction of sp³-hybridized carbons (Fsp3) is 0.0833. The SMILES string of the molecule is COC(=O)C(=O)c1c[nH]c2cc(C#N)ccc12. The van der Waals surface area contributed by atoms with Gasteiger partial charge in [0.25, 0.3) is 5.78 Å². The summed E-state index contributed by atoms with van der Waals surface area (Å²) in [4.78, 5) is 25.6. The third-order valence-corrected chi connectivity index (χ3v) is 2.43. The summed E-state index contributed by atoms with van der Waals surface area (Å²) in [5.41, 5.74) is 1.36. The van der Waals surface area contributed by atoms with Crippen molar-refractivity contribution in [3.05, 3.63) is 35.5 Å². The number of fused-ring (bicyclic) bond motifs is 1. The van der Waals surface area contributed by atoms with Crippen molar-refractivity contribution in [1.29, 1.82) is 5.26 Å². The van der Waals surface area contributed by atoms with E-state index in [4.69, 9.17) is 5.26 Å². The molecule has 0 aliphatic rings. The van der Waals surface area contributed by atoms with E-state index in [9.17, 15) is 9.59 Å². The largest absolute Gasteiger partial charge is 0.463 e. The summed E-state index contributed by atoms with van der Waals surface area (Å²) in [6, 6.07) is 6.82. The number of nitriles is 1. The Bertz CT molecular complexity index is 649. The van der Waals surface area contributed by atoms with Gasteiger partial charge in [-0.3, -0.25) is 4.79 Å². The molecule has 0 unspecified atom stereocenters. The number of H-pyrrole nitrogens is 1. The second kappa shape index (κ2) is 4.10. The molecule has 2 rings (SSSR count). The van der Waals surface area contributed by atoms with Crippen LogP contribution in [0, 0.1) is 11.3 Å². The van der Waals surface area contributed by atoms with Crippen LogP contribution in [0.3, 0.4) is 0 Å². The molecule has 1 aromatic heterocycles. The van der Waals surface area contributed by atoms with Gasteiger partial charge in [0.05, 0.1) is 24.3 Å². The van der Waals surface area contributed by atoms with Gasteiger partial charge in [-0.25, -0.2) is 4.79 Å². The number of ether oxygens (including phenoxy) is 1. The number of methoxy groups -OCH3 is 1. The van der Waals surface area contributed by atoms with E-state index in [1.165, 1.54) is 6.20 Å². The number of nitrogens with one attached hydrogen (secondary N) is 1. The maximum absolute atomic E-state index is 11.6. The highest BCUT2D eigenvalue weighted by molar-refractivity contribution is 6.42. The predicted molar refractivity (Wildman–Crippen MR) is 59.4 cm³/mol. The van der Waals surface area contributed by atoms with Crippen LogP contribution in [0.1, 0.15) is 15.9 Å². The summed E-state index contributed by atoms with van der Waals surface area (Å²) < 4.78 is 4.37. The second-order valence-corrected chi connectivity index (χ2v) is 3.40. The Kier molecular flexibility index (Phi) is 2.63. The Morgan fingerprint density at radius 1 is 1.41 bits per heavy atom.